The largest absolute Gasteiger partial charge is 0.346 e. The zero-order chi connectivity index (χ0) is 16.1. The summed E-state index contributed by atoms with van der Waals surface area (Å²) in [6.07, 6.45) is 1.05. The van der Waals surface area contributed by atoms with Gasteiger partial charge in [-0.2, -0.15) is 11.3 Å². The summed E-state index contributed by atoms with van der Waals surface area (Å²) in [7, 11) is 0. The molecule has 0 aliphatic carbocycles. The summed E-state index contributed by atoms with van der Waals surface area (Å²) in [5.74, 6) is 0. The van der Waals surface area contributed by atoms with Crippen LogP contribution in [0, 0.1) is 0 Å². The van der Waals surface area contributed by atoms with Crippen LogP contribution in [-0.2, 0) is 13.0 Å². The molecule has 2 aromatic rings. The maximum Gasteiger partial charge on any atom is 0.173 e. The molecule has 0 spiro atoms. The van der Waals surface area contributed by atoms with Gasteiger partial charge in [-0.15, -0.1) is 0 Å². The van der Waals surface area contributed by atoms with E-state index in [0.717, 1.165) is 49.9 Å². The molecule has 3 nitrogen and oxygen atoms in total. The van der Waals surface area contributed by atoms with E-state index < -0.39 is 0 Å². The molecule has 0 radical (unpaired) electrons. The van der Waals surface area contributed by atoms with Crippen molar-refractivity contribution in [3.63, 3.8) is 0 Å². The third kappa shape index (κ3) is 4.53. The molecule has 0 saturated carbocycles. The van der Waals surface area contributed by atoms with Crippen LogP contribution in [0.3, 0.4) is 0 Å². The minimum absolute atomic E-state index is 0.841. The van der Waals surface area contributed by atoms with Crippen LogP contribution in [0.4, 0.5) is 5.69 Å². The summed E-state index contributed by atoms with van der Waals surface area (Å²) in [4.78, 5) is 4.77. The number of nitrogens with zero attached hydrogens (tertiary/aromatic N) is 2. The van der Waals surface area contributed by atoms with Crippen LogP contribution >= 0.6 is 23.6 Å². The first-order valence-corrected chi connectivity index (χ1v) is 9.48. The van der Waals surface area contributed by atoms with Crippen molar-refractivity contribution in [2.75, 3.05) is 31.5 Å². The molecule has 0 amide bonds. The van der Waals surface area contributed by atoms with Crippen molar-refractivity contribution in [2.45, 2.75) is 19.9 Å². The normalized spacial score (nSPS) is 15.6. The summed E-state index contributed by atoms with van der Waals surface area (Å²) in [5.41, 5.74) is 3.84. The SMILES string of the molecule is CCc1cccc(NC(=S)N2CCN(Cc3ccsc3)CC2)c1. The Balaban J connectivity index is 1.49. The number of nitrogens with one attached hydrogen (secondary N) is 1. The molecule has 0 unspecified atom stereocenters. The van der Waals surface area contributed by atoms with Crippen molar-refractivity contribution in [3.05, 3.63) is 52.2 Å². The van der Waals surface area contributed by atoms with Gasteiger partial charge in [0.25, 0.3) is 0 Å². The lowest BCUT2D eigenvalue weighted by atomic mass is 10.1. The number of hydrogen-bond donors (Lipinski definition) is 1. The molecule has 23 heavy (non-hydrogen) atoms. The highest BCUT2D eigenvalue weighted by molar-refractivity contribution is 7.80. The first-order chi connectivity index (χ1) is 11.2. The fourth-order valence-corrected chi connectivity index (χ4v) is 3.78. The average molecular weight is 346 g/mol. The van der Waals surface area contributed by atoms with Crippen molar-refractivity contribution in [1.82, 2.24) is 9.80 Å². The lowest BCUT2D eigenvalue weighted by molar-refractivity contribution is 0.177. The molecule has 1 aliphatic heterocycles. The molecule has 122 valence electrons. The number of aryl methyl sites for hydroxylation is 1. The first kappa shape index (κ1) is 16.4. The highest BCUT2D eigenvalue weighted by Gasteiger charge is 2.19. The van der Waals surface area contributed by atoms with Crippen LogP contribution in [0.2, 0.25) is 0 Å². The molecule has 0 bridgehead atoms. The molecule has 3 rings (SSSR count). The number of benzene rings is 1. The molecule has 5 heteroatoms. The number of thiocarbonyl (C=S) groups is 1. The quantitative estimate of drug-likeness (QED) is 0.849. The number of anilines is 1. The second-order valence-corrected chi connectivity index (χ2v) is 7.05. The Morgan fingerprint density at radius 3 is 2.70 bits per heavy atom. The number of piperazine rings is 1. The maximum absolute atomic E-state index is 5.59. The number of thiophene rings is 1. The Hall–Kier alpha value is -1.43. The minimum atomic E-state index is 0.841. The molecule has 1 aliphatic rings. The third-order valence-electron chi connectivity index (χ3n) is 4.23. The monoisotopic (exact) mass is 345 g/mol. The van der Waals surface area contributed by atoms with Gasteiger partial charge in [0.2, 0.25) is 0 Å². The van der Waals surface area contributed by atoms with Gasteiger partial charge in [0, 0.05) is 38.4 Å². The second kappa shape index (κ2) is 7.90. The summed E-state index contributed by atoms with van der Waals surface area (Å²) in [5, 5.41) is 8.61. The Labute approximate surface area is 147 Å². The van der Waals surface area contributed by atoms with Gasteiger partial charge < -0.3 is 10.2 Å². The topological polar surface area (TPSA) is 18.5 Å². The van der Waals surface area contributed by atoms with Gasteiger partial charge in [-0.1, -0.05) is 19.1 Å². The van der Waals surface area contributed by atoms with Gasteiger partial charge in [0.05, 0.1) is 0 Å². The maximum atomic E-state index is 5.59. The summed E-state index contributed by atoms with van der Waals surface area (Å²) in [6, 6.07) is 10.7. The lowest BCUT2D eigenvalue weighted by Crippen LogP contribution is -2.49. The van der Waals surface area contributed by atoms with E-state index >= 15 is 0 Å². The predicted molar refractivity (Wildman–Crippen MR) is 103 cm³/mol. The van der Waals surface area contributed by atoms with Gasteiger partial charge in [0.15, 0.2) is 5.11 Å². The van der Waals surface area contributed by atoms with E-state index in [4.69, 9.17) is 12.2 Å². The summed E-state index contributed by atoms with van der Waals surface area (Å²) in [6.45, 7) is 7.33. The lowest BCUT2D eigenvalue weighted by Gasteiger charge is -2.36. The van der Waals surface area contributed by atoms with Gasteiger partial charge in [-0.25, -0.2) is 0 Å². The Morgan fingerprint density at radius 1 is 1.17 bits per heavy atom. The minimum Gasteiger partial charge on any atom is -0.346 e. The van der Waals surface area contributed by atoms with Crippen LogP contribution in [0.5, 0.6) is 0 Å². The molecule has 1 N–H and O–H groups in total. The third-order valence-corrected chi connectivity index (χ3v) is 5.32. The zero-order valence-electron chi connectivity index (χ0n) is 13.5. The van der Waals surface area contributed by atoms with E-state index in [9.17, 15) is 0 Å². The highest BCUT2D eigenvalue weighted by atomic mass is 32.1. The number of hydrogen-bond acceptors (Lipinski definition) is 3. The van der Waals surface area contributed by atoms with E-state index in [2.05, 4.69) is 63.1 Å². The number of rotatable bonds is 4. The van der Waals surface area contributed by atoms with Gasteiger partial charge in [-0.05, 0) is 58.7 Å². The van der Waals surface area contributed by atoms with Crippen molar-refractivity contribution in [1.29, 1.82) is 0 Å². The van der Waals surface area contributed by atoms with Crippen LogP contribution < -0.4 is 5.32 Å². The molecular formula is C18H23N3S2. The molecule has 1 aromatic carbocycles. The van der Waals surface area contributed by atoms with Crippen LogP contribution in [0.1, 0.15) is 18.1 Å². The molecule has 1 aromatic heterocycles. The van der Waals surface area contributed by atoms with Crippen molar-refractivity contribution in [2.24, 2.45) is 0 Å². The van der Waals surface area contributed by atoms with Gasteiger partial charge in [0.1, 0.15) is 0 Å². The van der Waals surface area contributed by atoms with Gasteiger partial charge >= 0.3 is 0 Å². The van der Waals surface area contributed by atoms with E-state index in [1.807, 2.05) is 0 Å². The Bertz CT molecular complexity index is 631. The molecule has 0 atom stereocenters. The molecule has 1 fully saturated rings. The fraction of sp³-hybridized carbons (Fsp3) is 0.389. The van der Waals surface area contributed by atoms with E-state index in [-0.39, 0.29) is 0 Å². The Kier molecular flexibility index (Phi) is 5.65. The van der Waals surface area contributed by atoms with Crippen molar-refractivity contribution >= 4 is 34.4 Å². The molecule has 1 saturated heterocycles. The Morgan fingerprint density at radius 2 is 2.00 bits per heavy atom. The van der Waals surface area contributed by atoms with E-state index in [0.29, 0.717) is 0 Å². The van der Waals surface area contributed by atoms with E-state index in [1.54, 1.807) is 11.3 Å². The zero-order valence-corrected chi connectivity index (χ0v) is 15.1. The summed E-state index contributed by atoms with van der Waals surface area (Å²) < 4.78 is 0. The molecule has 2 heterocycles. The van der Waals surface area contributed by atoms with Crippen molar-refractivity contribution < 1.29 is 0 Å². The smallest absolute Gasteiger partial charge is 0.173 e. The second-order valence-electron chi connectivity index (χ2n) is 5.88. The van der Waals surface area contributed by atoms with Crippen molar-refractivity contribution in [3.8, 4) is 0 Å². The molecular weight excluding hydrogens is 322 g/mol. The first-order valence-electron chi connectivity index (χ1n) is 8.13. The van der Waals surface area contributed by atoms with Crippen LogP contribution in [0.15, 0.2) is 41.1 Å². The predicted octanol–water partition coefficient (Wildman–Crippen LogP) is 3.83. The van der Waals surface area contributed by atoms with Crippen LogP contribution in [-0.4, -0.2) is 41.1 Å². The average Bonchev–Trinajstić information content (AvgIpc) is 3.08. The summed E-state index contributed by atoms with van der Waals surface area (Å²) >= 11 is 7.36. The standard InChI is InChI=1S/C18H23N3S2/c1-2-15-4-3-5-17(12-15)19-18(22)21-9-7-20(8-10-21)13-16-6-11-23-14-16/h3-6,11-12,14H,2,7-10,13H2,1H3,(H,19,22). The van der Waals surface area contributed by atoms with Crippen LogP contribution in [0.25, 0.3) is 0 Å². The van der Waals surface area contributed by atoms with E-state index in [1.165, 1.54) is 11.1 Å². The van der Waals surface area contributed by atoms with Gasteiger partial charge in [-0.3, -0.25) is 4.90 Å². The fourth-order valence-electron chi connectivity index (χ4n) is 2.82. The highest BCUT2D eigenvalue weighted by Crippen LogP contribution is 2.14.